The number of para-hydroxylation sites is 1. The van der Waals surface area contributed by atoms with Crippen LogP contribution in [0.1, 0.15) is 41.3 Å². The molecule has 1 N–H and O–H groups in total. The number of nitrogens with one attached hydrogen (secondary N) is 1. The van der Waals surface area contributed by atoms with Crippen LogP contribution in [0.25, 0.3) is 0 Å². The number of ketones is 1. The molecular weight excluding hydrogens is 572 g/mol. The Morgan fingerprint density at radius 3 is 2.20 bits per heavy atom. The zero-order chi connectivity index (χ0) is 31.3. The van der Waals surface area contributed by atoms with Crippen molar-refractivity contribution in [1.29, 1.82) is 0 Å². The number of hydrogen-bond acceptors (Lipinski definition) is 7. The Morgan fingerprint density at radius 2 is 1.55 bits per heavy atom. The normalized spacial score (nSPS) is 11.3. The van der Waals surface area contributed by atoms with E-state index >= 15 is 0 Å². The molecule has 1 atom stereocenters. The molecule has 0 aliphatic carbocycles. The standard InChI is InChI=1S/C36H38N2O5S/c1-4-10-34(39)38(28-17-21-30(44-3)22-18-28)23-24-43-29-19-15-26(16-20-29)25-33(36(41)42-2)37-32-14-9-8-13-31(32)35(40)27-11-6-5-7-12-27/h5-9,11-22,33,37H,4,10,23-25H2,1-3H3. The van der Waals surface area contributed by atoms with Crippen LogP contribution in [0.15, 0.2) is 108 Å². The van der Waals surface area contributed by atoms with Gasteiger partial charge in [0.15, 0.2) is 5.78 Å². The molecule has 0 aliphatic rings. The number of carbonyl (C=O) groups excluding carboxylic acids is 3. The molecule has 7 nitrogen and oxygen atoms in total. The largest absolute Gasteiger partial charge is 0.492 e. The Hall–Kier alpha value is -4.56. The molecule has 0 saturated heterocycles. The zero-order valence-electron chi connectivity index (χ0n) is 25.3. The lowest BCUT2D eigenvalue weighted by atomic mass is 10.00. The molecule has 0 bridgehead atoms. The van der Waals surface area contributed by atoms with Crippen LogP contribution < -0.4 is 15.0 Å². The highest BCUT2D eigenvalue weighted by atomic mass is 32.2. The lowest BCUT2D eigenvalue weighted by molar-refractivity contribution is -0.141. The van der Waals surface area contributed by atoms with Crippen LogP contribution >= 0.6 is 11.8 Å². The van der Waals surface area contributed by atoms with Gasteiger partial charge in [-0.3, -0.25) is 9.59 Å². The summed E-state index contributed by atoms with van der Waals surface area (Å²) >= 11 is 1.66. The zero-order valence-corrected chi connectivity index (χ0v) is 26.1. The fourth-order valence-corrected chi connectivity index (χ4v) is 5.20. The van der Waals surface area contributed by atoms with Gasteiger partial charge in [-0.05, 0) is 66.8 Å². The number of rotatable bonds is 15. The van der Waals surface area contributed by atoms with Gasteiger partial charge in [0, 0.05) is 40.2 Å². The Kier molecular flexibility index (Phi) is 12.0. The quantitative estimate of drug-likeness (QED) is 0.0877. The summed E-state index contributed by atoms with van der Waals surface area (Å²) in [6, 6.07) is 30.9. The van der Waals surface area contributed by atoms with Gasteiger partial charge in [-0.25, -0.2) is 4.79 Å². The number of thioether (sulfide) groups is 1. The number of ether oxygens (including phenoxy) is 2. The summed E-state index contributed by atoms with van der Waals surface area (Å²) < 4.78 is 11.1. The predicted molar refractivity (Wildman–Crippen MR) is 177 cm³/mol. The van der Waals surface area contributed by atoms with E-state index in [1.54, 1.807) is 47.0 Å². The average Bonchev–Trinajstić information content (AvgIpc) is 3.07. The lowest BCUT2D eigenvalue weighted by Crippen LogP contribution is -2.34. The van der Waals surface area contributed by atoms with Crippen LogP contribution in [0.3, 0.4) is 0 Å². The van der Waals surface area contributed by atoms with Gasteiger partial charge in [-0.1, -0.05) is 61.5 Å². The summed E-state index contributed by atoms with van der Waals surface area (Å²) in [6.07, 6.45) is 3.61. The smallest absolute Gasteiger partial charge is 0.328 e. The van der Waals surface area contributed by atoms with Gasteiger partial charge in [0.2, 0.25) is 5.91 Å². The molecule has 4 aromatic rings. The van der Waals surface area contributed by atoms with E-state index in [4.69, 9.17) is 9.47 Å². The molecule has 4 rings (SSSR count). The van der Waals surface area contributed by atoms with Crippen LogP contribution in [0.4, 0.5) is 11.4 Å². The van der Waals surface area contributed by atoms with Gasteiger partial charge in [-0.2, -0.15) is 0 Å². The van der Waals surface area contributed by atoms with Crippen molar-refractivity contribution in [1.82, 2.24) is 0 Å². The highest BCUT2D eigenvalue weighted by molar-refractivity contribution is 7.98. The minimum absolute atomic E-state index is 0.0664. The van der Waals surface area contributed by atoms with E-state index in [1.165, 1.54) is 7.11 Å². The topological polar surface area (TPSA) is 84.9 Å². The Bertz CT molecular complexity index is 1520. The van der Waals surface area contributed by atoms with E-state index in [9.17, 15) is 14.4 Å². The van der Waals surface area contributed by atoms with E-state index < -0.39 is 12.0 Å². The summed E-state index contributed by atoms with van der Waals surface area (Å²) in [4.78, 5) is 41.7. The first-order chi connectivity index (χ1) is 21.4. The Labute approximate surface area is 263 Å². The van der Waals surface area contributed by atoms with Gasteiger partial charge >= 0.3 is 5.97 Å². The maximum atomic E-state index is 13.2. The van der Waals surface area contributed by atoms with Crippen molar-refractivity contribution in [2.24, 2.45) is 0 Å². The first-order valence-electron chi connectivity index (χ1n) is 14.6. The summed E-state index contributed by atoms with van der Waals surface area (Å²) in [5.41, 5.74) is 3.35. The van der Waals surface area contributed by atoms with Gasteiger partial charge in [0.25, 0.3) is 0 Å². The SMILES string of the molecule is CCCC(=O)N(CCOc1ccc(CC(Nc2ccccc2C(=O)c2ccccc2)C(=O)OC)cc1)c1ccc(SC)cc1. The Morgan fingerprint density at radius 1 is 0.864 bits per heavy atom. The van der Waals surface area contributed by atoms with E-state index in [2.05, 4.69) is 5.32 Å². The molecule has 1 unspecified atom stereocenters. The molecule has 0 radical (unpaired) electrons. The second kappa shape index (κ2) is 16.3. The van der Waals surface area contributed by atoms with E-state index in [0.717, 1.165) is 22.6 Å². The maximum Gasteiger partial charge on any atom is 0.328 e. The van der Waals surface area contributed by atoms with Gasteiger partial charge < -0.3 is 19.7 Å². The molecule has 44 heavy (non-hydrogen) atoms. The number of methoxy groups -OCH3 is 1. The van der Waals surface area contributed by atoms with E-state index in [-0.39, 0.29) is 11.7 Å². The third-order valence-corrected chi connectivity index (χ3v) is 7.86. The highest BCUT2D eigenvalue weighted by Crippen LogP contribution is 2.24. The maximum absolute atomic E-state index is 13.2. The van der Waals surface area contributed by atoms with Crippen LogP contribution in [-0.4, -0.2) is 50.2 Å². The second-order valence-corrected chi connectivity index (χ2v) is 11.0. The van der Waals surface area contributed by atoms with Crippen molar-refractivity contribution in [3.05, 3.63) is 120 Å². The molecule has 0 spiro atoms. The summed E-state index contributed by atoms with van der Waals surface area (Å²) in [6.45, 7) is 2.75. The summed E-state index contributed by atoms with van der Waals surface area (Å²) in [7, 11) is 1.35. The molecule has 0 aromatic heterocycles. The molecule has 228 valence electrons. The van der Waals surface area contributed by atoms with Crippen molar-refractivity contribution in [2.45, 2.75) is 37.1 Å². The third-order valence-electron chi connectivity index (χ3n) is 7.12. The highest BCUT2D eigenvalue weighted by Gasteiger charge is 2.23. The van der Waals surface area contributed by atoms with Crippen molar-refractivity contribution >= 4 is 40.8 Å². The number of benzene rings is 4. The molecule has 8 heteroatoms. The van der Waals surface area contributed by atoms with Crippen molar-refractivity contribution in [2.75, 3.05) is 36.7 Å². The van der Waals surface area contributed by atoms with Gasteiger partial charge in [-0.15, -0.1) is 11.8 Å². The number of nitrogens with zero attached hydrogens (tertiary/aromatic N) is 1. The molecular formula is C36H38N2O5S. The monoisotopic (exact) mass is 610 g/mol. The lowest BCUT2D eigenvalue weighted by Gasteiger charge is -2.23. The molecule has 0 aliphatic heterocycles. The minimum Gasteiger partial charge on any atom is -0.492 e. The Balaban J connectivity index is 1.40. The number of hydrogen-bond donors (Lipinski definition) is 1. The van der Waals surface area contributed by atoms with Gasteiger partial charge in [0.05, 0.1) is 13.7 Å². The van der Waals surface area contributed by atoms with Crippen molar-refractivity contribution < 1.29 is 23.9 Å². The van der Waals surface area contributed by atoms with Crippen LogP contribution in [-0.2, 0) is 20.7 Å². The molecule has 4 aromatic carbocycles. The third kappa shape index (κ3) is 8.74. The number of anilines is 2. The predicted octanol–water partition coefficient (Wildman–Crippen LogP) is 7.05. The second-order valence-electron chi connectivity index (χ2n) is 10.2. The first kappa shape index (κ1) is 32.4. The van der Waals surface area contributed by atoms with Crippen LogP contribution in [0.5, 0.6) is 5.75 Å². The van der Waals surface area contributed by atoms with Crippen LogP contribution in [0.2, 0.25) is 0 Å². The van der Waals surface area contributed by atoms with E-state index in [1.807, 2.05) is 86.0 Å². The number of amides is 1. The van der Waals surface area contributed by atoms with Gasteiger partial charge in [0.1, 0.15) is 18.4 Å². The summed E-state index contributed by atoms with van der Waals surface area (Å²) in [5, 5.41) is 3.24. The number of carbonyl (C=O) groups is 3. The van der Waals surface area contributed by atoms with Crippen LogP contribution in [0, 0.1) is 0 Å². The molecule has 0 heterocycles. The van der Waals surface area contributed by atoms with Crippen molar-refractivity contribution in [3.8, 4) is 5.75 Å². The first-order valence-corrected chi connectivity index (χ1v) is 15.8. The summed E-state index contributed by atoms with van der Waals surface area (Å²) in [5.74, 6) is 0.160. The fraction of sp³-hybridized carbons (Fsp3) is 0.250. The number of esters is 1. The molecule has 1 amide bonds. The molecule has 0 saturated carbocycles. The van der Waals surface area contributed by atoms with Crippen molar-refractivity contribution in [3.63, 3.8) is 0 Å². The van der Waals surface area contributed by atoms with E-state index in [0.29, 0.717) is 48.6 Å². The fourth-order valence-electron chi connectivity index (χ4n) is 4.80. The average molecular weight is 611 g/mol. The minimum atomic E-state index is -0.716. The molecule has 0 fully saturated rings.